The standard InChI is InChI=1S/C29H34FN5/c30-25-4-1-3-24(15-25)29(20-32,27-5-2-6-28(27)33)23-11-13-34(14-12-23)17-22-18-35(19-22)26-9-7-21(16-31)8-10-26/h1,3-4,7-10,15,22-23,27-28H,2,5-6,11-14,17-19,33H2. The van der Waals surface area contributed by atoms with Gasteiger partial charge in [0.1, 0.15) is 5.82 Å². The Balaban J connectivity index is 1.22. The molecule has 3 atom stereocenters. The second-order valence-electron chi connectivity index (χ2n) is 10.7. The topological polar surface area (TPSA) is 80.1 Å². The van der Waals surface area contributed by atoms with Crippen LogP contribution in [0, 0.1) is 46.2 Å². The summed E-state index contributed by atoms with van der Waals surface area (Å²) in [6.07, 6.45) is 4.82. The van der Waals surface area contributed by atoms with Crippen LogP contribution in [0.15, 0.2) is 48.5 Å². The van der Waals surface area contributed by atoms with E-state index < -0.39 is 5.41 Å². The van der Waals surface area contributed by atoms with E-state index in [0.29, 0.717) is 11.5 Å². The lowest BCUT2D eigenvalue weighted by Gasteiger charge is -2.47. The van der Waals surface area contributed by atoms with Crippen LogP contribution in [0.2, 0.25) is 0 Å². The molecule has 5 rings (SSSR count). The molecule has 0 bridgehead atoms. The predicted molar refractivity (Wildman–Crippen MR) is 135 cm³/mol. The molecule has 3 unspecified atom stereocenters. The zero-order valence-corrected chi connectivity index (χ0v) is 20.2. The average Bonchev–Trinajstić information content (AvgIpc) is 3.29. The molecule has 3 aliphatic rings. The van der Waals surface area contributed by atoms with E-state index in [9.17, 15) is 9.65 Å². The van der Waals surface area contributed by atoms with E-state index in [2.05, 4.69) is 21.9 Å². The van der Waals surface area contributed by atoms with Gasteiger partial charge in [-0.25, -0.2) is 4.39 Å². The van der Waals surface area contributed by atoms with Crippen LogP contribution in [0.1, 0.15) is 43.2 Å². The van der Waals surface area contributed by atoms with Crippen molar-refractivity contribution in [2.45, 2.75) is 43.6 Å². The van der Waals surface area contributed by atoms with Gasteiger partial charge in [0.15, 0.2) is 0 Å². The lowest BCUT2D eigenvalue weighted by atomic mass is 9.59. The van der Waals surface area contributed by atoms with Gasteiger partial charge in [0.2, 0.25) is 0 Å². The summed E-state index contributed by atoms with van der Waals surface area (Å²) in [6.45, 7) is 5.09. The van der Waals surface area contributed by atoms with Gasteiger partial charge in [0.05, 0.1) is 23.1 Å². The number of nitrogens with zero attached hydrogens (tertiary/aromatic N) is 4. The molecule has 2 N–H and O–H groups in total. The Bertz CT molecular complexity index is 1110. The van der Waals surface area contributed by atoms with Gasteiger partial charge in [-0.1, -0.05) is 18.6 Å². The van der Waals surface area contributed by atoms with E-state index in [1.165, 1.54) is 11.8 Å². The highest BCUT2D eigenvalue weighted by molar-refractivity contribution is 5.51. The third-order valence-electron chi connectivity index (χ3n) is 8.71. The molecule has 0 radical (unpaired) electrons. The summed E-state index contributed by atoms with van der Waals surface area (Å²) < 4.78 is 14.3. The van der Waals surface area contributed by atoms with Crippen molar-refractivity contribution in [2.24, 2.45) is 23.5 Å². The van der Waals surface area contributed by atoms with Crippen molar-refractivity contribution in [3.63, 3.8) is 0 Å². The molecule has 1 saturated carbocycles. The number of anilines is 1. The minimum Gasteiger partial charge on any atom is -0.371 e. The predicted octanol–water partition coefficient (Wildman–Crippen LogP) is 4.43. The van der Waals surface area contributed by atoms with E-state index in [1.54, 1.807) is 12.1 Å². The van der Waals surface area contributed by atoms with E-state index in [0.717, 1.165) is 70.4 Å². The van der Waals surface area contributed by atoms with Gasteiger partial charge in [-0.3, -0.25) is 0 Å². The van der Waals surface area contributed by atoms with Crippen molar-refractivity contribution in [2.75, 3.05) is 37.6 Å². The Morgan fingerprint density at radius 2 is 1.74 bits per heavy atom. The number of hydrogen-bond donors (Lipinski definition) is 1. The summed E-state index contributed by atoms with van der Waals surface area (Å²) in [4.78, 5) is 4.91. The molecule has 5 nitrogen and oxygen atoms in total. The zero-order valence-electron chi connectivity index (χ0n) is 20.2. The quantitative estimate of drug-likeness (QED) is 0.674. The highest BCUT2D eigenvalue weighted by atomic mass is 19.1. The zero-order chi connectivity index (χ0) is 24.4. The van der Waals surface area contributed by atoms with Gasteiger partial charge >= 0.3 is 0 Å². The molecule has 0 amide bonds. The summed E-state index contributed by atoms with van der Waals surface area (Å²) in [5.74, 6) is 0.632. The highest BCUT2D eigenvalue weighted by Gasteiger charge is 2.51. The summed E-state index contributed by atoms with van der Waals surface area (Å²) in [6, 6.07) is 19.4. The minimum absolute atomic E-state index is 0.000804. The maximum absolute atomic E-state index is 14.3. The molecule has 35 heavy (non-hydrogen) atoms. The monoisotopic (exact) mass is 471 g/mol. The van der Waals surface area contributed by atoms with E-state index in [4.69, 9.17) is 11.0 Å². The first kappa shape index (κ1) is 23.8. The van der Waals surface area contributed by atoms with Crippen LogP contribution in [0.3, 0.4) is 0 Å². The minimum atomic E-state index is -0.715. The third kappa shape index (κ3) is 4.54. The van der Waals surface area contributed by atoms with Crippen molar-refractivity contribution in [3.05, 3.63) is 65.5 Å². The third-order valence-corrected chi connectivity index (χ3v) is 8.71. The lowest BCUT2D eigenvalue weighted by Crippen LogP contribution is -2.54. The molecule has 3 fully saturated rings. The Labute approximate surface area is 207 Å². The maximum atomic E-state index is 14.3. The van der Waals surface area contributed by atoms with Crippen LogP contribution in [-0.2, 0) is 5.41 Å². The van der Waals surface area contributed by atoms with E-state index >= 15 is 0 Å². The fourth-order valence-corrected chi connectivity index (χ4v) is 6.87. The van der Waals surface area contributed by atoms with Crippen molar-refractivity contribution < 1.29 is 4.39 Å². The Kier molecular flexibility index (Phi) is 6.78. The molecule has 1 aliphatic carbocycles. The highest BCUT2D eigenvalue weighted by Crippen LogP contribution is 2.49. The first-order chi connectivity index (χ1) is 17.0. The molecule has 182 valence electrons. The number of hydrogen-bond acceptors (Lipinski definition) is 5. The summed E-state index contributed by atoms with van der Waals surface area (Å²) >= 11 is 0. The van der Waals surface area contributed by atoms with Gasteiger partial charge in [-0.05, 0) is 92.6 Å². The second kappa shape index (κ2) is 9.97. The van der Waals surface area contributed by atoms with Gasteiger partial charge < -0.3 is 15.5 Å². The number of piperidine rings is 1. The van der Waals surface area contributed by atoms with E-state index in [1.807, 2.05) is 30.3 Å². The molecular weight excluding hydrogens is 437 g/mol. The van der Waals surface area contributed by atoms with Crippen LogP contribution >= 0.6 is 0 Å². The lowest BCUT2D eigenvalue weighted by molar-refractivity contribution is 0.0991. The number of nitrogens with two attached hydrogens (primary N) is 1. The van der Waals surface area contributed by atoms with E-state index in [-0.39, 0.29) is 23.7 Å². The fourth-order valence-electron chi connectivity index (χ4n) is 6.87. The van der Waals surface area contributed by atoms with Gasteiger partial charge in [-0.15, -0.1) is 0 Å². The van der Waals surface area contributed by atoms with Crippen LogP contribution in [0.5, 0.6) is 0 Å². The average molecular weight is 472 g/mol. The fraction of sp³-hybridized carbons (Fsp3) is 0.517. The molecule has 2 saturated heterocycles. The molecule has 2 aromatic rings. The first-order valence-corrected chi connectivity index (χ1v) is 12.9. The molecule has 0 aromatic heterocycles. The summed E-state index contributed by atoms with van der Waals surface area (Å²) in [7, 11) is 0. The second-order valence-corrected chi connectivity index (χ2v) is 10.7. The van der Waals surface area contributed by atoms with Gasteiger partial charge in [0, 0.05) is 37.3 Å². The Morgan fingerprint density at radius 1 is 1.00 bits per heavy atom. The Hall–Kier alpha value is -2.93. The largest absolute Gasteiger partial charge is 0.371 e. The van der Waals surface area contributed by atoms with Crippen molar-refractivity contribution in [1.82, 2.24) is 4.90 Å². The van der Waals surface area contributed by atoms with Gasteiger partial charge in [0.25, 0.3) is 0 Å². The smallest absolute Gasteiger partial charge is 0.123 e. The van der Waals surface area contributed by atoms with Crippen LogP contribution in [0.25, 0.3) is 0 Å². The molecular formula is C29H34FN5. The normalized spacial score (nSPS) is 25.4. The Morgan fingerprint density at radius 3 is 2.34 bits per heavy atom. The molecule has 0 spiro atoms. The van der Waals surface area contributed by atoms with Crippen molar-refractivity contribution in [1.29, 1.82) is 10.5 Å². The number of rotatable bonds is 6. The number of benzene rings is 2. The molecule has 2 aliphatic heterocycles. The summed E-state index contributed by atoms with van der Waals surface area (Å²) in [5, 5.41) is 19.6. The maximum Gasteiger partial charge on any atom is 0.123 e. The van der Waals surface area contributed by atoms with Crippen LogP contribution in [-0.4, -0.2) is 43.7 Å². The number of nitriles is 2. The van der Waals surface area contributed by atoms with Crippen LogP contribution < -0.4 is 10.6 Å². The summed E-state index contributed by atoms with van der Waals surface area (Å²) in [5.41, 5.74) is 8.52. The SMILES string of the molecule is N#Cc1ccc(N2CC(CN3CCC(C(C#N)(c4cccc(F)c4)C4CCCC4N)CC3)C2)cc1. The van der Waals surface area contributed by atoms with Crippen molar-refractivity contribution >= 4 is 5.69 Å². The van der Waals surface area contributed by atoms with Crippen molar-refractivity contribution in [3.8, 4) is 12.1 Å². The molecule has 2 heterocycles. The van der Waals surface area contributed by atoms with Gasteiger partial charge in [-0.2, -0.15) is 10.5 Å². The molecule has 2 aromatic carbocycles. The van der Waals surface area contributed by atoms with Crippen LogP contribution in [0.4, 0.5) is 10.1 Å². The first-order valence-electron chi connectivity index (χ1n) is 12.9. The molecule has 6 heteroatoms. The number of likely N-dealkylation sites (tertiary alicyclic amines) is 1. The number of halogens is 1.